The van der Waals surface area contributed by atoms with Gasteiger partial charge in [-0.25, -0.2) is 4.79 Å². The summed E-state index contributed by atoms with van der Waals surface area (Å²) in [7, 11) is 0. The first-order valence-corrected chi connectivity index (χ1v) is 9.27. The third-order valence-corrected chi connectivity index (χ3v) is 3.33. The Labute approximate surface area is 157 Å². The van der Waals surface area contributed by atoms with E-state index in [1.807, 2.05) is 24.3 Å². The van der Waals surface area contributed by atoms with Crippen LogP contribution in [0.2, 0.25) is 0 Å². The van der Waals surface area contributed by atoms with Gasteiger partial charge in [0, 0.05) is 0 Å². The Balaban J connectivity index is 3.58. The van der Waals surface area contributed by atoms with Crippen molar-refractivity contribution >= 4 is 5.91 Å². The van der Waals surface area contributed by atoms with E-state index in [9.17, 15) is 14.9 Å². The molecule has 0 aromatic heterocycles. The molecule has 0 rings (SSSR count). The maximum Gasteiger partial charge on any atom is 0.444 e. The second-order valence-corrected chi connectivity index (χ2v) is 5.62. The summed E-state index contributed by atoms with van der Waals surface area (Å²) >= 11 is 0. The van der Waals surface area contributed by atoms with Crippen LogP contribution in [0.1, 0.15) is 58.3 Å². The van der Waals surface area contributed by atoms with Crippen LogP contribution >= 0.6 is 0 Å². The van der Waals surface area contributed by atoms with E-state index in [4.69, 9.17) is 0 Å². The van der Waals surface area contributed by atoms with E-state index < -0.39 is 10.8 Å². The number of unbranched alkanes of at least 4 members (excludes halogenated alkanes) is 1. The molecule has 0 aliphatic heterocycles. The van der Waals surface area contributed by atoms with Gasteiger partial charge in [-0.2, -0.15) is 0 Å². The van der Waals surface area contributed by atoms with Gasteiger partial charge in [0.2, 0.25) is 0 Å². The molecule has 0 fully saturated rings. The molecule has 26 heavy (non-hydrogen) atoms. The van der Waals surface area contributed by atoms with Crippen molar-refractivity contribution in [2.45, 2.75) is 58.3 Å². The number of hydrogen-bond acceptors (Lipinski definition) is 3. The number of carbonyl (C=O) groups is 1. The number of rotatable bonds is 14. The smallest absolute Gasteiger partial charge is 0.256 e. The van der Waals surface area contributed by atoms with Crippen molar-refractivity contribution in [1.82, 2.24) is 0 Å². The highest BCUT2D eigenvalue weighted by atomic mass is 16.6. The first-order valence-electron chi connectivity index (χ1n) is 9.27. The van der Waals surface area contributed by atoms with Crippen LogP contribution in [-0.2, 0) is 4.79 Å². The monoisotopic (exact) mass is 357 g/mol. The van der Waals surface area contributed by atoms with E-state index in [0.717, 1.165) is 38.5 Å². The number of carbonyl (C=O) groups excluding carboxylic acids is 1. The lowest BCUT2D eigenvalue weighted by Crippen LogP contribution is -2.09. The first kappa shape index (κ1) is 23.5. The van der Waals surface area contributed by atoms with Gasteiger partial charge in [0.15, 0.2) is 0 Å². The predicted molar refractivity (Wildman–Crippen MR) is 109 cm³/mol. The summed E-state index contributed by atoms with van der Waals surface area (Å²) in [5, 5.41) is 10.1. The Morgan fingerprint density at radius 3 is 1.88 bits per heavy atom. The number of amides is 1. The average molecular weight is 357 g/mol. The molecule has 1 amide bonds. The van der Waals surface area contributed by atoms with Gasteiger partial charge in [-0.1, -0.05) is 79.8 Å². The normalized spacial score (nSPS) is 12.8. The van der Waals surface area contributed by atoms with Crippen LogP contribution in [0.15, 0.2) is 72.9 Å². The van der Waals surface area contributed by atoms with Crippen molar-refractivity contribution in [2.24, 2.45) is 0 Å². The molecule has 0 bridgehead atoms. The second-order valence-electron chi connectivity index (χ2n) is 5.62. The van der Waals surface area contributed by atoms with E-state index in [0.29, 0.717) is 6.42 Å². The molecule has 0 saturated carbocycles. The molecular weight excluding hydrogens is 326 g/mol. The van der Waals surface area contributed by atoms with Gasteiger partial charge in [0.1, 0.15) is 4.92 Å². The standard InChI is InChI=1S/C22H31NO3/c1-2-3-4-5-6-7-8-9-10-11-12-13-14-15-16-17-18-19-20-21-22(24)23(25)26/h3-4,6-7,9-10,13-16,18-19H,2,5,8,11-12,17,20-21H2,1H3. The maximum atomic E-state index is 10.8. The number of hydrogen-bond donors (Lipinski definition) is 0. The zero-order valence-corrected chi connectivity index (χ0v) is 15.8. The van der Waals surface area contributed by atoms with Crippen molar-refractivity contribution in [3.05, 3.63) is 83.0 Å². The highest BCUT2D eigenvalue weighted by Crippen LogP contribution is 1.98. The molecule has 0 aromatic rings. The Morgan fingerprint density at radius 1 is 0.731 bits per heavy atom. The summed E-state index contributed by atoms with van der Waals surface area (Å²) in [5.41, 5.74) is 0. The molecule has 0 atom stereocenters. The molecule has 0 aliphatic rings. The molecule has 142 valence electrons. The van der Waals surface area contributed by atoms with Gasteiger partial charge in [-0.3, -0.25) is 10.1 Å². The highest BCUT2D eigenvalue weighted by Gasteiger charge is 2.11. The molecule has 0 spiro atoms. The van der Waals surface area contributed by atoms with E-state index in [-0.39, 0.29) is 6.42 Å². The number of nitrogens with zero attached hydrogens (tertiary/aromatic N) is 1. The van der Waals surface area contributed by atoms with E-state index >= 15 is 0 Å². The third kappa shape index (κ3) is 17.9. The van der Waals surface area contributed by atoms with Crippen LogP contribution in [0.3, 0.4) is 0 Å². The van der Waals surface area contributed by atoms with Gasteiger partial charge in [0.05, 0.1) is 6.42 Å². The van der Waals surface area contributed by atoms with Crippen molar-refractivity contribution in [2.75, 3.05) is 0 Å². The Hall–Kier alpha value is -2.49. The largest absolute Gasteiger partial charge is 0.444 e. The summed E-state index contributed by atoms with van der Waals surface area (Å²) in [4.78, 5) is 20.0. The highest BCUT2D eigenvalue weighted by molar-refractivity contribution is 5.67. The van der Waals surface area contributed by atoms with Crippen LogP contribution < -0.4 is 0 Å². The minimum Gasteiger partial charge on any atom is -0.256 e. The number of nitro groups is 1. The fourth-order valence-electron chi connectivity index (χ4n) is 1.94. The Kier molecular flexibility index (Phi) is 17.0. The van der Waals surface area contributed by atoms with Gasteiger partial charge < -0.3 is 0 Å². The third-order valence-electron chi connectivity index (χ3n) is 3.33. The molecule has 4 nitrogen and oxygen atoms in total. The first-order chi connectivity index (χ1) is 12.7. The van der Waals surface area contributed by atoms with Crippen molar-refractivity contribution in [3.63, 3.8) is 0 Å². The van der Waals surface area contributed by atoms with Crippen molar-refractivity contribution in [1.29, 1.82) is 0 Å². The summed E-state index contributed by atoms with van der Waals surface area (Å²) in [6, 6.07) is 0. The zero-order valence-electron chi connectivity index (χ0n) is 15.8. The Bertz CT molecular complexity index is 552. The lowest BCUT2D eigenvalue weighted by molar-refractivity contribution is -0.402. The average Bonchev–Trinajstić information content (AvgIpc) is 2.63. The van der Waals surface area contributed by atoms with Gasteiger partial charge in [0.25, 0.3) is 0 Å². The Morgan fingerprint density at radius 2 is 1.23 bits per heavy atom. The van der Waals surface area contributed by atoms with E-state index in [2.05, 4.69) is 49.5 Å². The second kappa shape index (κ2) is 18.8. The zero-order chi connectivity index (χ0) is 19.3. The lowest BCUT2D eigenvalue weighted by Gasteiger charge is -1.87. The van der Waals surface area contributed by atoms with E-state index in [1.165, 1.54) is 0 Å². The fraction of sp³-hybridized carbons (Fsp3) is 0.409. The summed E-state index contributed by atoms with van der Waals surface area (Å²) in [6.07, 6.45) is 31.3. The predicted octanol–water partition coefficient (Wildman–Crippen LogP) is 6.27. The molecular formula is C22H31NO3. The minimum atomic E-state index is -0.928. The van der Waals surface area contributed by atoms with Crippen molar-refractivity contribution in [3.8, 4) is 0 Å². The SMILES string of the molecule is CCC=CCC=CCC=CCCC=CC=CCC=CCCC(=O)[N+](=O)[O-]. The van der Waals surface area contributed by atoms with Crippen LogP contribution in [0.25, 0.3) is 0 Å². The van der Waals surface area contributed by atoms with E-state index in [1.54, 1.807) is 6.08 Å². The quantitative estimate of drug-likeness (QED) is 0.121. The summed E-state index contributed by atoms with van der Waals surface area (Å²) in [5.74, 6) is -0.928. The van der Waals surface area contributed by atoms with Crippen LogP contribution in [0, 0.1) is 10.1 Å². The molecule has 4 heteroatoms. The summed E-state index contributed by atoms with van der Waals surface area (Å²) < 4.78 is 0. The van der Waals surface area contributed by atoms with Crippen LogP contribution in [0.5, 0.6) is 0 Å². The van der Waals surface area contributed by atoms with Crippen LogP contribution in [-0.4, -0.2) is 10.8 Å². The lowest BCUT2D eigenvalue weighted by atomic mass is 10.2. The summed E-state index contributed by atoms with van der Waals surface area (Å²) in [6.45, 7) is 2.14. The molecule has 0 aromatic carbocycles. The molecule has 0 N–H and O–H groups in total. The fourth-order valence-corrected chi connectivity index (χ4v) is 1.94. The molecule has 0 unspecified atom stereocenters. The molecule has 0 aliphatic carbocycles. The topological polar surface area (TPSA) is 60.2 Å². The minimum absolute atomic E-state index is 0.0354. The molecule has 0 heterocycles. The molecule has 0 radical (unpaired) electrons. The number of allylic oxidation sites excluding steroid dienone is 12. The van der Waals surface area contributed by atoms with Gasteiger partial charge in [-0.15, -0.1) is 0 Å². The van der Waals surface area contributed by atoms with Crippen molar-refractivity contribution < 1.29 is 9.72 Å². The van der Waals surface area contributed by atoms with Gasteiger partial charge in [-0.05, 0) is 44.9 Å². The molecule has 0 saturated heterocycles. The van der Waals surface area contributed by atoms with Crippen LogP contribution in [0.4, 0.5) is 0 Å². The maximum absolute atomic E-state index is 10.8. The van der Waals surface area contributed by atoms with Gasteiger partial charge >= 0.3 is 5.91 Å².